The zero-order valence-electron chi connectivity index (χ0n) is 14.1. The van der Waals surface area contributed by atoms with Gasteiger partial charge in [0.05, 0.1) is 17.9 Å². The van der Waals surface area contributed by atoms with Gasteiger partial charge in [-0.05, 0) is 35.7 Å². The molecule has 3 aromatic rings. The third kappa shape index (κ3) is 3.45. The van der Waals surface area contributed by atoms with E-state index in [1.807, 2.05) is 0 Å². The molecular weight excluding hydrogens is 371 g/mol. The van der Waals surface area contributed by atoms with Gasteiger partial charge < -0.3 is 10.2 Å². The van der Waals surface area contributed by atoms with Crippen LogP contribution in [0, 0.1) is 5.82 Å². The predicted octanol–water partition coefficient (Wildman–Crippen LogP) is 1.52. The smallest absolute Gasteiger partial charge is 0.271 e. The van der Waals surface area contributed by atoms with Crippen LogP contribution in [0.5, 0.6) is 0 Å². The number of nitrogens with zero attached hydrogens (tertiary/aromatic N) is 3. The Morgan fingerprint density at radius 1 is 1.26 bits per heavy atom. The van der Waals surface area contributed by atoms with Gasteiger partial charge in [0.2, 0.25) is 11.8 Å². The van der Waals surface area contributed by atoms with Crippen molar-refractivity contribution in [2.45, 2.75) is 19.0 Å². The van der Waals surface area contributed by atoms with Crippen LogP contribution < -0.4 is 15.8 Å². The lowest BCUT2D eigenvalue weighted by Crippen LogP contribution is -2.40. The molecule has 0 unspecified atom stereocenters. The number of carbonyl (C=O) groups is 2. The molecular formula is C18H15FN4O3S. The van der Waals surface area contributed by atoms with Crippen LogP contribution in [-0.4, -0.2) is 34.0 Å². The highest BCUT2D eigenvalue weighted by Crippen LogP contribution is 2.21. The zero-order valence-corrected chi connectivity index (χ0v) is 14.9. The van der Waals surface area contributed by atoms with Gasteiger partial charge in [0.1, 0.15) is 17.1 Å². The van der Waals surface area contributed by atoms with Gasteiger partial charge in [0.15, 0.2) is 0 Å². The molecule has 1 atom stereocenters. The summed E-state index contributed by atoms with van der Waals surface area (Å²) < 4.78 is 14.8. The van der Waals surface area contributed by atoms with E-state index in [4.69, 9.17) is 0 Å². The number of halogens is 1. The van der Waals surface area contributed by atoms with E-state index in [-0.39, 0.29) is 42.2 Å². The summed E-state index contributed by atoms with van der Waals surface area (Å²) in [5.74, 6) is -0.892. The summed E-state index contributed by atoms with van der Waals surface area (Å²) in [5.41, 5.74) is 0.931. The third-order valence-corrected chi connectivity index (χ3v) is 5.27. The molecule has 138 valence electrons. The summed E-state index contributed by atoms with van der Waals surface area (Å²) in [6, 6.07) is 7.00. The SMILES string of the molecule is O=C(Cn1cnc2ccsc2c1=O)N[C@@H]1CC(=O)N(c2ccc(F)cc2)C1. The maximum Gasteiger partial charge on any atom is 0.271 e. The molecule has 2 amide bonds. The second kappa shape index (κ2) is 6.92. The van der Waals surface area contributed by atoms with Gasteiger partial charge >= 0.3 is 0 Å². The number of nitrogens with one attached hydrogen (secondary N) is 1. The number of carbonyl (C=O) groups excluding carboxylic acids is 2. The van der Waals surface area contributed by atoms with Crippen molar-refractivity contribution in [1.82, 2.24) is 14.9 Å². The van der Waals surface area contributed by atoms with Crippen molar-refractivity contribution in [3.05, 3.63) is 58.2 Å². The lowest BCUT2D eigenvalue weighted by molar-refractivity contribution is -0.122. The Bertz CT molecular complexity index is 1080. The number of anilines is 1. The Hall–Kier alpha value is -3.07. The number of fused-ring (bicyclic) bond motifs is 1. The molecule has 0 aliphatic carbocycles. The number of thiophene rings is 1. The molecule has 1 fully saturated rings. The van der Waals surface area contributed by atoms with Gasteiger partial charge in [-0.1, -0.05) is 0 Å². The molecule has 0 saturated carbocycles. The first-order valence-corrected chi connectivity index (χ1v) is 9.17. The second-order valence-electron chi connectivity index (χ2n) is 6.26. The van der Waals surface area contributed by atoms with E-state index in [0.29, 0.717) is 22.4 Å². The minimum absolute atomic E-state index is 0.147. The number of hydrogen-bond acceptors (Lipinski definition) is 5. The van der Waals surface area contributed by atoms with Gasteiger partial charge in [-0.15, -0.1) is 11.3 Å². The lowest BCUT2D eigenvalue weighted by atomic mass is 10.2. The molecule has 3 heterocycles. The van der Waals surface area contributed by atoms with E-state index in [1.54, 1.807) is 11.4 Å². The van der Waals surface area contributed by atoms with Crippen LogP contribution in [0.15, 0.2) is 46.8 Å². The summed E-state index contributed by atoms with van der Waals surface area (Å²) in [6.45, 7) is 0.133. The third-order valence-electron chi connectivity index (χ3n) is 4.38. The van der Waals surface area contributed by atoms with E-state index in [1.165, 1.54) is 51.4 Å². The van der Waals surface area contributed by atoms with E-state index in [0.717, 1.165) is 0 Å². The fourth-order valence-electron chi connectivity index (χ4n) is 3.09. The number of amides is 2. The zero-order chi connectivity index (χ0) is 19.0. The van der Waals surface area contributed by atoms with Crippen LogP contribution in [0.4, 0.5) is 10.1 Å². The highest BCUT2D eigenvalue weighted by Gasteiger charge is 2.31. The van der Waals surface area contributed by atoms with Crippen LogP contribution in [0.2, 0.25) is 0 Å². The van der Waals surface area contributed by atoms with Gasteiger partial charge in [-0.3, -0.25) is 19.0 Å². The average molecular weight is 386 g/mol. The summed E-state index contributed by atoms with van der Waals surface area (Å²) in [5, 5.41) is 4.55. The molecule has 7 nitrogen and oxygen atoms in total. The first-order chi connectivity index (χ1) is 13.0. The normalized spacial score (nSPS) is 16.9. The molecule has 0 bridgehead atoms. The summed E-state index contributed by atoms with van der Waals surface area (Å²) >= 11 is 1.28. The standard InChI is InChI=1S/C18H15FN4O3S/c19-11-1-3-13(4-2-11)23-8-12(7-16(23)25)21-15(24)9-22-10-20-14-5-6-27-17(14)18(22)26/h1-6,10,12H,7-9H2,(H,21,24)/t12-/m1/s1. The molecule has 0 spiro atoms. The van der Waals surface area contributed by atoms with Gasteiger partial charge in [-0.25, -0.2) is 9.37 Å². The second-order valence-corrected chi connectivity index (χ2v) is 7.18. The molecule has 2 aromatic heterocycles. The highest BCUT2D eigenvalue weighted by atomic mass is 32.1. The van der Waals surface area contributed by atoms with Crippen LogP contribution in [0.1, 0.15) is 6.42 Å². The van der Waals surface area contributed by atoms with Crippen molar-refractivity contribution in [2.24, 2.45) is 0 Å². The quantitative estimate of drug-likeness (QED) is 0.737. The van der Waals surface area contributed by atoms with Crippen molar-refractivity contribution in [2.75, 3.05) is 11.4 Å². The summed E-state index contributed by atoms with van der Waals surface area (Å²) in [7, 11) is 0. The van der Waals surface area contributed by atoms with Gasteiger partial charge in [0.25, 0.3) is 5.56 Å². The topological polar surface area (TPSA) is 84.3 Å². The first kappa shape index (κ1) is 17.3. The molecule has 1 aliphatic heterocycles. The Labute approximate surface area is 157 Å². The van der Waals surface area contributed by atoms with Crippen LogP contribution >= 0.6 is 11.3 Å². The van der Waals surface area contributed by atoms with E-state index >= 15 is 0 Å². The Balaban J connectivity index is 1.42. The fraction of sp³-hybridized carbons (Fsp3) is 0.222. The van der Waals surface area contributed by atoms with Crippen molar-refractivity contribution in [1.29, 1.82) is 0 Å². The average Bonchev–Trinajstić information content (AvgIpc) is 3.25. The highest BCUT2D eigenvalue weighted by molar-refractivity contribution is 7.17. The monoisotopic (exact) mass is 386 g/mol. The van der Waals surface area contributed by atoms with E-state index in [2.05, 4.69) is 10.3 Å². The predicted molar refractivity (Wildman–Crippen MR) is 99.2 cm³/mol. The number of benzene rings is 1. The maximum absolute atomic E-state index is 13.0. The van der Waals surface area contributed by atoms with Crippen LogP contribution in [-0.2, 0) is 16.1 Å². The maximum atomic E-state index is 13.0. The molecule has 27 heavy (non-hydrogen) atoms. The number of aromatic nitrogens is 2. The Morgan fingerprint density at radius 2 is 2.04 bits per heavy atom. The number of rotatable bonds is 4. The van der Waals surface area contributed by atoms with Crippen molar-refractivity contribution >= 4 is 39.1 Å². The number of hydrogen-bond donors (Lipinski definition) is 1. The van der Waals surface area contributed by atoms with E-state index < -0.39 is 0 Å². The molecule has 1 aromatic carbocycles. The van der Waals surface area contributed by atoms with Gasteiger partial charge in [0, 0.05) is 18.7 Å². The minimum atomic E-state index is -0.378. The summed E-state index contributed by atoms with van der Waals surface area (Å²) in [4.78, 5) is 42.5. The van der Waals surface area contributed by atoms with Gasteiger partial charge in [-0.2, -0.15) is 0 Å². The molecule has 4 rings (SSSR count). The Morgan fingerprint density at radius 3 is 2.81 bits per heavy atom. The van der Waals surface area contributed by atoms with Crippen molar-refractivity contribution < 1.29 is 14.0 Å². The molecule has 1 aliphatic rings. The molecule has 1 saturated heterocycles. The van der Waals surface area contributed by atoms with Crippen molar-refractivity contribution in [3.8, 4) is 0 Å². The summed E-state index contributed by atoms with van der Waals surface area (Å²) in [6.07, 6.45) is 1.50. The molecule has 1 N–H and O–H groups in total. The fourth-order valence-corrected chi connectivity index (χ4v) is 3.89. The lowest BCUT2D eigenvalue weighted by Gasteiger charge is -2.17. The Kier molecular flexibility index (Phi) is 4.44. The van der Waals surface area contributed by atoms with Crippen LogP contribution in [0.25, 0.3) is 10.2 Å². The van der Waals surface area contributed by atoms with E-state index in [9.17, 15) is 18.8 Å². The first-order valence-electron chi connectivity index (χ1n) is 8.29. The van der Waals surface area contributed by atoms with Crippen molar-refractivity contribution in [3.63, 3.8) is 0 Å². The minimum Gasteiger partial charge on any atom is -0.349 e. The van der Waals surface area contributed by atoms with Crippen LogP contribution in [0.3, 0.4) is 0 Å². The largest absolute Gasteiger partial charge is 0.349 e. The molecule has 0 radical (unpaired) electrons. The molecule has 9 heteroatoms.